The molecule has 0 radical (unpaired) electrons. The highest BCUT2D eigenvalue weighted by Gasteiger charge is 2.17. The second-order valence-corrected chi connectivity index (χ2v) is 6.04. The van der Waals surface area contributed by atoms with Crippen molar-refractivity contribution in [3.63, 3.8) is 0 Å². The molecule has 1 aromatic rings. The summed E-state index contributed by atoms with van der Waals surface area (Å²) < 4.78 is 0. The molecular formula is C18H30N2. The van der Waals surface area contributed by atoms with Crippen LogP contribution >= 0.6 is 0 Å². The molecular weight excluding hydrogens is 244 g/mol. The minimum Gasteiger partial charge on any atom is -0.309 e. The van der Waals surface area contributed by atoms with Gasteiger partial charge in [-0.2, -0.15) is 0 Å². The van der Waals surface area contributed by atoms with Gasteiger partial charge in [0.05, 0.1) is 0 Å². The van der Waals surface area contributed by atoms with Crippen LogP contribution in [0.4, 0.5) is 0 Å². The number of hydrogen-bond acceptors (Lipinski definition) is 2. The Morgan fingerprint density at radius 2 is 1.70 bits per heavy atom. The Balaban J connectivity index is 2.02. The van der Waals surface area contributed by atoms with Crippen LogP contribution in [-0.4, -0.2) is 31.1 Å². The van der Waals surface area contributed by atoms with Crippen LogP contribution in [0.5, 0.6) is 0 Å². The monoisotopic (exact) mass is 274 g/mol. The molecule has 2 heteroatoms. The van der Waals surface area contributed by atoms with Gasteiger partial charge in [-0.25, -0.2) is 0 Å². The van der Waals surface area contributed by atoms with Crippen molar-refractivity contribution >= 4 is 0 Å². The fourth-order valence-corrected chi connectivity index (χ4v) is 3.25. The molecule has 0 spiro atoms. The molecule has 1 fully saturated rings. The van der Waals surface area contributed by atoms with E-state index in [1.807, 2.05) is 0 Å². The summed E-state index contributed by atoms with van der Waals surface area (Å²) in [6.45, 7) is 9.17. The lowest BCUT2D eigenvalue weighted by atomic mass is 10.00. The van der Waals surface area contributed by atoms with Gasteiger partial charge in [-0.1, -0.05) is 50.5 Å². The summed E-state index contributed by atoms with van der Waals surface area (Å²) in [4.78, 5) is 2.67. The zero-order valence-electron chi connectivity index (χ0n) is 13.2. The van der Waals surface area contributed by atoms with Crippen LogP contribution in [-0.2, 0) is 0 Å². The molecule has 1 N–H and O–H groups in total. The topological polar surface area (TPSA) is 15.3 Å². The molecule has 1 aliphatic rings. The van der Waals surface area contributed by atoms with Crippen LogP contribution in [0.1, 0.15) is 56.2 Å². The molecule has 0 saturated carbocycles. The summed E-state index contributed by atoms with van der Waals surface area (Å²) in [6.07, 6.45) is 6.99. The highest BCUT2D eigenvalue weighted by atomic mass is 15.1. The molecule has 2 nitrogen and oxygen atoms in total. The second-order valence-electron chi connectivity index (χ2n) is 6.04. The second kappa shape index (κ2) is 8.43. The van der Waals surface area contributed by atoms with Crippen molar-refractivity contribution in [1.82, 2.24) is 10.2 Å². The summed E-state index contributed by atoms with van der Waals surface area (Å²) in [5.74, 6) is 0. The van der Waals surface area contributed by atoms with Crippen LogP contribution in [0.3, 0.4) is 0 Å². The molecule has 0 aliphatic carbocycles. The lowest BCUT2D eigenvalue weighted by Gasteiger charge is -2.30. The Morgan fingerprint density at radius 3 is 2.35 bits per heavy atom. The number of nitrogens with zero attached hydrogens (tertiary/aromatic N) is 1. The van der Waals surface area contributed by atoms with Crippen molar-refractivity contribution in [1.29, 1.82) is 0 Å². The van der Waals surface area contributed by atoms with Crippen LogP contribution in [0, 0.1) is 6.92 Å². The van der Waals surface area contributed by atoms with E-state index in [1.165, 1.54) is 56.3 Å². The highest BCUT2D eigenvalue weighted by molar-refractivity contribution is 5.29. The van der Waals surface area contributed by atoms with Gasteiger partial charge in [0.2, 0.25) is 0 Å². The zero-order valence-corrected chi connectivity index (χ0v) is 13.2. The van der Waals surface area contributed by atoms with E-state index >= 15 is 0 Å². The number of benzene rings is 1. The fourth-order valence-electron chi connectivity index (χ4n) is 3.25. The van der Waals surface area contributed by atoms with E-state index in [0.717, 1.165) is 13.1 Å². The average Bonchev–Trinajstić information content (AvgIpc) is 2.41. The van der Waals surface area contributed by atoms with Gasteiger partial charge in [0, 0.05) is 12.6 Å². The number of likely N-dealkylation sites (tertiary alicyclic amines) is 1. The van der Waals surface area contributed by atoms with Gasteiger partial charge in [0.25, 0.3) is 0 Å². The Kier molecular flexibility index (Phi) is 6.55. The normalized spacial score (nSPS) is 19.3. The van der Waals surface area contributed by atoms with E-state index in [4.69, 9.17) is 0 Å². The van der Waals surface area contributed by atoms with Crippen molar-refractivity contribution in [2.24, 2.45) is 0 Å². The van der Waals surface area contributed by atoms with Gasteiger partial charge in [-0.15, -0.1) is 0 Å². The first-order chi connectivity index (χ1) is 9.81. The van der Waals surface area contributed by atoms with Gasteiger partial charge in [-0.3, -0.25) is 0 Å². The summed E-state index contributed by atoms with van der Waals surface area (Å²) >= 11 is 0. The molecule has 0 amide bonds. The first kappa shape index (κ1) is 15.5. The average molecular weight is 274 g/mol. The Morgan fingerprint density at radius 1 is 1.05 bits per heavy atom. The SMILES string of the molecule is CCNC(CN1CCCCCCC1)c1ccccc1C. The Hall–Kier alpha value is -0.860. The molecule has 2 rings (SSSR count). The molecule has 1 aliphatic heterocycles. The van der Waals surface area contributed by atoms with Gasteiger partial charge < -0.3 is 10.2 Å². The molecule has 1 atom stereocenters. The van der Waals surface area contributed by atoms with Crippen molar-refractivity contribution in [3.05, 3.63) is 35.4 Å². The quantitative estimate of drug-likeness (QED) is 0.875. The molecule has 0 aromatic heterocycles. The van der Waals surface area contributed by atoms with Crippen molar-refractivity contribution in [2.75, 3.05) is 26.2 Å². The molecule has 1 unspecified atom stereocenters. The van der Waals surface area contributed by atoms with E-state index in [0.29, 0.717) is 6.04 Å². The standard InChI is InChI=1S/C18H30N2/c1-3-19-18(17-12-8-7-11-16(17)2)15-20-13-9-5-4-6-10-14-20/h7-8,11-12,18-19H,3-6,9-10,13-15H2,1-2H3. The maximum atomic E-state index is 3.68. The van der Waals surface area contributed by atoms with E-state index < -0.39 is 0 Å². The number of nitrogens with one attached hydrogen (secondary N) is 1. The maximum Gasteiger partial charge on any atom is 0.0451 e. The maximum absolute atomic E-state index is 3.68. The number of likely N-dealkylation sites (N-methyl/N-ethyl adjacent to an activating group) is 1. The number of aryl methyl sites for hydroxylation is 1. The van der Waals surface area contributed by atoms with Gasteiger partial charge in [0.1, 0.15) is 0 Å². The zero-order chi connectivity index (χ0) is 14.2. The smallest absolute Gasteiger partial charge is 0.0451 e. The third kappa shape index (κ3) is 4.60. The van der Waals surface area contributed by atoms with Crippen LogP contribution in [0.15, 0.2) is 24.3 Å². The first-order valence-electron chi connectivity index (χ1n) is 8.32. The third-order valence-electron chi connectivity index (χ3n) is 4.40. The summed E-state index contributed by atoms with van der Waals surface area (Å²) in [5, 5.41) is 3.68. The minimum absolute atomic E-state index is 0.473. The summed E-state index contributed by atoms with van der Waals surface area (Å²) in [5.41, 5.74) is 2.88. The highest BCUT2D eigenvalue weighted by Crippen LogP contribution is 2.20. The van der Waals surface area contributed by atoms with Gasteiger partial charge >= 0.3 is 0 Å². The molecule has 1 aromatic carbocycles. The van der Waals surface area contributed by atoms with E-state index in [-0.39, 0.29) is 0 Å². The minimum atomic E-state index is 0.473. The van der Waals surface area contributed by atoms with E-state index in [2.05, 4.69) is 48.3 Å². The van der Waals surface area contributed by atoms with Crippen molar-refractivity contribution < 1.29 is 0 Å². The largest absolute Gasteiger partial charge is 0.309 e. The molecule has 112 valence electrons. The van der Waals surface area contributed by atoms with Crippen molar-refractivity contribution in [2.45, 2.75) is 52.0 Å². The Bertz CT molecular complexity index is 381. The number of rotatable bonds is 5. The molecule has 1 heterocycles. The summed E-state index contributed by atoms with van der Waals surface area (Å²) in [7, 11) is 0. The molecule has 1 saturated heterocycles. The lowest BCUT2D eigenvalue weighted by molar-refractivity contribution is 0.222. The van der Waals surface area contributed by atoms with E-state index in [9.17, 15) is 0 Å². The Labute approximate surface area is 124 Å². The van der Waals surface area contributed by atoms with E-state index in [1.54, 1.807) is 0 Å². The lowest BCUT2D eigenvalue weighted by Crippen LogP contribution is -2.37. The van der Waals surface area contributed by atoms with Gasteiger partial charge in [-0.05, 0) is 50.5 Å². The van der Waals surface area contributed by atoms with Crippen molar-refractivity contribution in [3.8, 4) is 0 Å². The fraction of sp³-hybridized carbons (Fsp3) is 0.667. The summed E-state index contributed by atoms with van der Waals surface area (Å²) in [6, 6.07) is 9.29. The van der Waals surface area contributed by atoms with Crippen LogP contribution < -0.4 is 5.32 Å². The number of hydrogen-bond donors (Lipinski definition) is 1. The van der Waals surface area contributed by atoms with Crippen LogP contribution in [0.2, 0.25) is 0 Å². The third-order valence-corrected chi connectivity index (χ3v) is 4.40. The predicted octanol–water partition coefficient (Wildman–Crippen LogP) is 3.91. The van der Waals surface area contributed by atoms with Gasteiger partial charge in [0.15, 0.2) is 0 Å². The predicted molar refractivity (Wildman–Crippen MR) is 87.1 cm³/mol. The molecule has 20 heavy (non-hydrogen) atoms. The van der Waals surface area contributed by atoms with Crippen LogP contribution in [0.25, 0.3) is 0 Å². The first-order valence-corrected chi connectivity index (χ1v) is 8.32. The molecule has 0 bridgehead atoms.